The maximum atomic E-state index is 4.09. The van der Waals surface area contributed by atoms with Gasteiger partial charge in [-0.15, -0.1) is 11.3 Å². The van der Waals surface area contributed by atoms with Crippen LogP contribution < -0.4 is 0 Å². The summed E-state index contributed by atoms with van der Waals surface area (Å²) in [6.45, 7) is 3.66. The number of hydrogen-bond donors (Lipinski definition) is 0. The van der Waals surface area contributed by atoms with Gasteiger partial charge >= 0.3 is 0 Å². The molecule has 0 radical (unpaired) electrons. The van der Waals surface area contributed by atoms with Crippen molar-refractivity contribution in [3.63, 3.8) is 0 Å². The molecule has 0 spiro atoms. The van der Waals surface area contributed by atoms with Gasteiger partial charge in [0.05, 0.1) is 12.5 Å². The standard InChI is InChI=1S/C10H13N3S/c1-2-4-12(3-1)6-9-7-13-8-11-5-10(13)14-9/h5,7-8H,1-4,6H2. The first kappa shape index (κ1) is 8.44. The second kappa shape index (κ2) is 3.37. The molecule has 2 aromatic rings. The monoisotopic (exact) mass is 207 g/mol. The van der Waals surface area contributed by atoms with Gasteiger partial charge in [-0.05, 0) is 25.9 Å². The number of hydrogen-bond acceptors (Lipinski definition) is 3. The fraction of sp³-hybridized carbons (Fsp3) is 0.500. The minimum Gasteiger partial charge on any atom is -0.298 e. The summed E-state index contributed by atoms with van der Waals surface area (Å²) in [5, 5.41) is 0. The van der Waals surface area contributed by atoms with Gasteiger partial charge in [0.2, 0.25) is 0 Å². The summed E-state index contributed by atoms with van der Waals surface area (Å²) in [6, 6.07) is 0. The van der Waals surface area contributed by atoms with Crippen LogP contribution >= 0.6 is 11.3 Å². The van der Waals surface area contributed by atoms with Crippen LogP contribution in [0.3, 0.4) is 0 Å². The Morgan fingerprint density at radius 2 is 2.21 bits per heavy atom. The normalized spacial score (nSPS) is 18.3. The van der Waals surface area contributed by atoms with Crippen LogP contribution in [0, 0.1) is 0 Å². The minimum atomic E-state index is 1.12. The molecular formula is C10H13N3S. The van der Waals surface area contributed by atoms with E-state index in [4.69, 9.17) is 0 Å². The van der Waals surface area contributed by atoms with E-state index in [1.54, 1.807) is 0 Å². The highest BCUT2D eigenvalue weighted by Crippen LogP contribution is 2.20. The van der Waals surface area contributed by atoms with Gasteiger partial charge in [0.15, 0.2) is 0 Å². The zero-order valence-corrected chi connectivity index (χ0v) is 8.83. The maximum Gasteiger partial charge on any atom is 0.119 e. The molecule has 1 fully saturated rings. The Hall–Kier alpha value is -0.870. The van der Waals surface area contributed by atoms with Crippen LogP contribution in [0.15, 0.2) is 18.7 Å². The molecule has 1 saturated heterocycles. The van der Waals surface area contributed by atoms with Gasteiger partial charge < -0.3 is 0 Å². The second-order valence-corrected chi connectivity index (χ2v) is 4.97. The molecule has 3 nitrogen and oxygen atoms in total. The van der Waals surface area contributed by atoms with Gasteiger partial charge in [-0.3, -0.25) is 9.30 Å². The van der Waals surface area contributed by atoms with Gasteiger partial charge in [-0.1, -0.05) is 0 Å². The summed E-state index contributed by atoms with van der Waals surface area (Å²) in [5.41, 5.74) is 0. The molecule has 4 heteroatoms. The molecule has 1 aliphatic rings. The van der Waals surface area contributed by atoms with E-state index in [9.17, 15) is 0 Å². The topological polar surface area (TPSA) is 20.5 Å². The molecule has 74 valence electrons. The van der Waals surface area contributed by atoms with Gasteiger partial charge in [0, 0.05) is 17.6 Å². The highest BCUT2D eigenvalue weighted by atomic mass is 32.1. The molecule has 0 aromatic carbocycles. The summed E-state index contributed by atoms with van der Waals surface area (Å²) in [7, 11) is 0. The SMILES string of the molecule is c1ncn2cc(CN3CCCC3)sc12. The van der Waals surface area contributed by atoms with Crippen molar-refractivity contribution in [2.24, 2.45) is 0 Å². The lowest BCUT2D eigenvalue weighted by atomic mass is 10.4. The number of rotatable bonds is 2. The lowest BCUT2D eigenvalue weighted by molar-refractivity contribution is 0.334. The molecular weight excluding hydrogens is 194 g/mol. The van der Waals surface area contributed by atoms with Crippen molar-refractivity contribution in [1.29, 1.82) is 0 Å². The van der Waals surface area contributed by atoms with Gasteiger partial charge in [-0.2, -0.15) is 0 Å². The van der Waals surface area contributed by atoms with Crippen LogP contribution in [0.5, 0.6) is 0 Å². The van der Waals surface area contributed by atoms with Gasteiger partial charge in [0.25, 0.3) is 0 Å². The van der Waals surface area contributed by atoms with Crippen molar-refractivity contribution < 1.29 is 0 Å². The van der Waals surface area contributed by atoms with Crippen molar-refractivity contribution in [1.82, 2.24) is 14.3 Å². The first-order valence-corrected chi connectivity index (χ1v) is 5.86. The minimum absolute atomic E-state index is 1.12. The summed E-state index contributed by atoms with van der Waals surface area (Å²) in [4.78, 5) is 9.32. The summed E-state index contributed by atoms with van der Waals surface area (Å²) >= 11 is 1.85. The highest BCUT2D eigenvalue weighted by Gasteiger charge is 2.13. The number of nitrogens with zero attached hydrogens (tertiary/aromatic N) is 3. The third-order valence-electron chi connectivity index (χ3n) is 2.73. The van der Waals surface area contributed by atoms with Crippen molar-refractivity contribution in [2.75, 3.05) is 13.1 Å². The predicted molar refractivity (Wildman–Crippen MR) is 57.6 cm³/mol. The van der Waals surface area contributed by atoms with Crippen LogP contribution in [0.2, 0.25) is 0 Å². The Bertz CT molecular complexity index is 397. The Morgan fingerprint density at radius 3 is 3.00 bits per heavy atom. The second-order valence-electron chi connectivity index (χ2n) is 3.82. The Labute approximate surface area is 87.0 Å². The number of fused-ring (bicyclic) bond motifs is 1. The molecule has 14 heavy (non-hydrogen) atoms. The van der Waals surface area contributed by atoms with Crippen LogP contribution in [0.25, 0.3) is 4.83 Å². The summed E-state index contributed by atoms with van der Waals surface area (Å²) < 4.78 is 2.11. The van der Waals surface area contributed by atoms with E-state index in [2.05, 4.69) is 20.5 Å². The fourth-order valence-electron chi connectivity index (χ4n) is 2.02. The smallest absolute Gasteiger partial charge is 0.119 e. The van der Waals surface area contributed by atoms with Gasteiger partial charge in [0.1, 0.15) is 4.83 Å². The number of thiazole rings is 1. The third kappa shape index (κ3) is 1.44. The van der Waals surface area contributed by atoms with Gasteiger partial charge in [-0.25, -0.2) is 4.98 Å². The molecule has 0 atom stereocenters. The maximum absolute atomic E-state index is 4.09. The number of likely N-dealkylation sites (tertiary alicyclic amines) is 1. The molecule has 0 unspecified atom stereocenters. The molecule has 0 aliphatic carbocycles. The molecule has 3 rings (SSSR count). The lowest BCUT2D eigenvalue weighted by Gasteiger charge is -2.11. The van der Waals surface area contributed by atoms with E-state index >= 15 is 0 Å². The van der Waals surface area contributed by atoms with Crippen molar-refractivity contribution in [2.45, 2.75) is 19.4 Å². The average Bonchev–Trinajstić information content (AvgIpc) is 2.78. The van der Waals surface area contributed by atoms with E-state index in [0.29, 0.717) is 0 Å². The first-order chi connectivity index (χ1) is 6.92. The number of imidazole rings is 1. The van der Waals surface area contributed by atoms with Crippen LogP contribution in [0.1, 0.15) is 17.7 Å². The number of aromatic nitrogens is 2. The van der Waals surface area contributed by atoms with E-state index in [-0.39, 0.29) is 0 Å². The molecule has 0 amide bonds. The van der Waals surface area contributed by atoms with Crippen molar-refractivity contribution >= 4 is 16.2 Å². The lowest BCUT2D eigenvalue weighted by Crippen LogP contribution is -2.17. The summed E-state index contributed by atoms with van der Waals surface area (Å²) in [5.74, 6) is 0. The molecule has 1 aliphatic heterocycles. The average molecular weight is 207 g/mol. The van der Waals surface area contributed by atoms with E-state index in [1.807, 2.05) is 23.9 Å². The third-order valence-corrected chi connectivity index (χ3v) is 3.75. The summed E-state index contributed by atoms with van der Waals surface area (Å²) in [6.07, 6.45) is 8.74. The molecule has 3 heterocycles. The zero-order valence-electron chi connectivity index (χ0n) is 8.02. The molecule has 2 aromatic heterocycles. The zero-order chi connectivity index (χ0) is 9.38. The first-order valence-electron chi connectivity index (χ1n) is 5.04. The van der Waals surface area contributed by atoms with E-state index in [0.717, 1.165) is 6.54 Å². The van der Waals surface area contributed by atoms with E-state index in [1.165, 1.54) is 35.6 Å². The molecule has 0 bridgehead atoms. The largest absolute Gasteiger partial charge is 0.298 e. The highest BCUT2D eigenvalue weighted by molar-refractivity contribution is 7.17. The Morgan fingerprint density at radius 1 is 1.36 bits per heavy atom. The van der Waals surface area contributed by atoms with Crippen LogP contribution in [0.4, 0.5) is 0 Å². The fourth-order valence-corrected chi connectivity index (χ4v) is 3.02. The Balaban J connectivity index is 1.80. The Kier molecular flexibility index (Phi) is 2.03. The van der Waals surface area contributed by atoms with Crippen LogP contribution in [-0.2, 0) is 6.54 Å². The van der Waals surface area contributed by atoms with E-state index < -0.39 is 0 Å². The van der Waals surface area contributed by atoms with Crippen molar-refractivity contribution in [3.05, 3.63) is 23.6 Å². The molecule has 0 saturated carbocycles. The molecule has 0 N–H and O–H groups in total. The van der Waals surface area contributed by atoms with Crippen molar-refractivity contribution in [3.8, 4) is 0 Å². The predicted octanol–water partition coefficient (Wildman–Crippen LogP) is 1.99. The quantitative estimate of drug-likeness (QED) is 0.750. The van der Waals surface area contributed by atoms with Crippen LogP contribution in [-0.4, -0.2) is 27.4 Å².